The summed E-state index contributed by atoms with van der Waals surface area (Å²) in [7, 11) is -3.72. The predicted octanol–water partition coefficient (Wildman–Crippen LogP) is 1.97. The molecule has 94 valence electrons. The molecule has 0 heterocycles. The molecule has 0 aliphatic heterocycles. The van der Waals surface area contributed by atoms with Crippen molar-refractivity contribution in [3.63, 3.8) is 0 Å². The van der Waals surface area contributed by atoms with Crippen LogP contribution < -0.4 is 0 Å². The van der Waals surface area contributed by atoms with Gasteiger partial charge in [0.05, 0.1) is 12.2 Å². The smallest absolute Gasteiger partial charge is 0.373 e. The molecule has 0 radical (unpaired) electrons. The first-order valence-electron chi connectivity index (χ1n) is 4.94. The molecule has 5 nitrogen and oxygen atoms in total. The van der Waals surface area contributed by atoms with Gasteiger partial charge in [0, 0.05) is 18.0 Å². The van der Waals surface area contributed by atoms with Crippen LogP contribution in [0.1, 0.15) is 13.3 Å². The Labute approximate surface area is 105 Å². The Morgan fingerprint density at radius 3 is 2.76 bits per heavy atom. The minimum absolute atomic E-state index is 0.0873. The summed E-state index contributed by atoms with van der Waals surface area (Å²) in [4.78, 5) is 21.3. The highest BCUT2D eigenvalue weighted by molar-refractivity contribution is 7.80. The summed E-state index contributed by atoms with van der Waals surface area (Å²) >= 11 is 4.95. The lowest BCUT2D eigenvalue weighted by atomic mass is 10.1. The summed E-state index contributed by atoms with van der Waals surface area (Å²) in [5, 5.41) is 0. The van der Waals surface area contributed by atoms with E-state index in [9.17, 15) is 9.36 Å². The van der Waals surface area contributed by atoms with E-state index in [1.165, 1.54) is 6.08 Å². The molecule has 1 unspecified atom stereocenters. The number of hydrogen-bond acceptors (Lipinski definition) is 5. The van der Waals surface area contributed by atoms with Crippen LogP contribution in [0.25, 0.3) is 0 Å². The van der Waals surface area contributed by atoms with Crippen molar-refractivity contribution in [3.8, 4) is 0 Å². The maximum atomic E-state index is 11.6. The van der Waals surface area contributed by atoms with Gasteiger partial charge in [0.15, 0.2) is 0 Å². The number of rotatable bonds is 4. The van der Waals surface area contributed by atoms with Gasteiger partial charge in [-0.2, -0.15) is 0 Å². The molecule has 1 atom stereocenters. The van der Waals surface area contributed by atoms with Gasteiger partial charge in [0.25, 0.3) is 0 Å². The Balaban J connectivity index is 3.03. The minimum atomic E-state index is -3.72. The van der Waals surface area contributed by atoms with E-state index < -0.39 is 13.6 Å². The molecule has 7 heteroatoms. The highest BCUT2D eigenvalue weighted by atomic mass is 32.1. The zero-order valence-corrected chi connectivity index (χ0v) is 11.2. The van der Waals surface area contributed by atoms with Crippen LogP contribution in [0.15, 0.2) is 23.5 Å². The van der Waals surface area contributed by atoms with E-state index in [2.05, 4.69) is 0 Å². The maximum absolute atomic E-state index is 11.6. The summed E-state index contributed by atoms with van der Waals surface area (Å²) in [5.74, 6) is -0.501. The molecule has 1 aliphatic rings. The molecule has 0 aromatic heterocycles. The van der Waals surface area contributed by atoms with Gasteiger partial charge >= 0.3 is 13.6 Å². The molecule has 0 bridgehead atoms. The molecule has 0 spiro atoms. The highest BCUT2D eigenvalue weighted by Gasteiger charge is 2.24. The van der Waals surface area contributed by atoms with Crippen molar-refractivity contribution in [1.82, 2.24) is 0 Å². The van der Waals surface area contributed by atoms with E-state index in [0.29, 0.717) is 4.86 Å². The van der Waals surface area contributed by atoms with Gasteiger partial charge in [0.1, 0.15) is 5.76 Å². The van der Waals surface area contributed by atoms with Gasteiger partial charge in [-0.3, -0.25) is 0 Å². The number of thiocarbonyl (C=S) groups is 1. The summed E-state index contributed by atoms with van der Waals surface area (Å²) in [6.07, 6.45) is 3.17. The van der Waals surface area contributed by atoms with E-state index >= 15 is 0 Å². The third-order valence-corrected chi connectivity index (χ3v) is 2.69. The van der Waals surface area contributed by atoms with Crippen molar-refractivity contribution in [2.45, 2.75) is 13.3 Å². The fourth-order valence-corrected chi connectivity index (χ4v) is 2.03. The Kier molecular flexibility index (Phi) is 4.62. The van der Waals surface area contributed by atoms with Gasteiger partial charge in [-0.25, -0.2) is 9.36 Å². The Hall–Kier alpha value is -0.970. The lowest BCUT2D eigenvalue weighted by Gasteiger charge is -2.17. The molecule has 0 amide bonds. The predicted molar refractivity (Wildman–Crippen MR) is 66.8 cm³/mol. The summed E-state index contributed by atoms with van der Waals surface area (Å²) in [6.45, 7) is 2.94. The van der Waals surface area contributed by atoms with Gasteiger partial charge < -0.3 is 14.2 Å². The van der Waals surface area contributed by atoms with Gasteiger partial charge in [0.2, 0.25) is 0 Å². The van der Waals surface area contributed by atoms with Crippen molar-refractivity contribution in [2.75, 3.05) is 13.3 Å². The van der Waals surface area contributed by atoms with Crippen molar-refractivity contribution >= 4 is 30.6 Å². The summed E-state index contributed by atoms with van der Waals surface area (Å²) in [5.41, 5.74) is 0.136. The normalized spacial score (nSPS) is 18.9. The monoisotopic (exact) mass is 276 g/mol. The van der Waals surface area contributed by atoms with Gasteiger partial charge in [-0.1, -0.05) is 12.2 Å². The van der Waals surface area contributed by atoms with Crippen LogP contribution in [-0.2, 0) is 18.6 Å². The van der Waals surface area contributed by atoms with Gasteiger partial charge in [-0.15, -0.1) is 0 Å². The van der Waals surface area contributed by atoms with Crippen LogP contribution in [0.4, 0.5) is 0 Å². The first kappa shape index (κ1) is 14.1. The fraction of sp³-hybridized carbons (Fsp3) is 0.400. The molecule has 0 saturated heterocycles. The fourth-order valence-electron chi connectivity index (χ4n) is 1.26. The van der Waals surface area contributed by atoms with E-state index in [0.717, 1.165) is 6.66 Å². The average Bonchev–Trinajstić information content (AvgIpc) is 2.15. The average molecular weight is 276 g/mol. The minimum Gasteiger partial charge on any atom is -0.462 e. The number of carbonyl (C=O) groups is 1. The van der Waals surface area contributed by atoms with Crippen molar-refractivity contribution in [2.24, 2.45) is 0 Å². The zero-order chi connectivity index (χ0) is 13.1. The van der Waals surface area contributed by atoms with Crippen LogP contribution in [0.3, 0.4) is 0 Å². The topological polar surface area (TPSA) is 72.8 Å². The second-order valence-corrected chi connectivity index (χ2v) is 5.74. The molecule has 1 N–H and O–H groups in total. The number of hydrogen-bond donors (Lipinski definition) is 1. The van der Waals surface area contributed by atoms with Gasteiger partial charge in [-0.05, 0) is 19.1 Å². The second kappa shape index (κ2) is 5.58. The molecular formula is C10H13O5PS. The number of allylic oxidation sites excluding steroid dienone is 2. The van der Waals surface area contributed by atoms with Crippen LogP contribution in [0.2, 0.25) is 0 Å². The molecule has 0 saturated carbocycles. The SMILES string of the molecule is CCOC(=O)C1=C(OP(C)(=O)O)CC(=S)C=C1. The molecule has 1 rings (SSSR count). The van der Waals surface area contributed by atoms with Crippen LogP contribution in [0, 0.1) is 0 Å². The zero-order valence-electron chi connectivity index (χ0n) is 9.50. The maximum Gasteiger partial charge on any atom is 0.373 e. The third kappa shape index (κ3) is 4.42. The van der Waals surface area contributed by atoms with Crippen molar-refractivity contribution in [3.05, 3.63) is 23.5 Å². The summed E-state index contributed by atoms with van der Waals surface area (Å²) < 4.78 is 20.9. The lowest BCUT2D eigenvalue weighted by molar-refractivity contribution is -0.138. The quantitative estimate of drug-likeness (QED) is 0.481. The Morgan fingerprint density at radius 2 is 2.24 bits per heavy atom. The van der Waals surface area contributed by atoms with E-state index in [1.54, 1.807) is 13.0 Å². The first-order chi connectivity index (χ1) is 7.83. The van der Waals surface area contributed by atoms with E-state index in [4.69, 9.17) is 26.4 Å². The van der Waals surface area contributed by atoms with Crippen molar-refractivity contribution < 1.29 is 23.5 Å². The Morgan fingerprint density at radius 1 is 1.59 bits per heavy atom. The third-order valence-electron chi connectivity index (χ3n) is 1.85. The Bertz CT molecular complexity index is 446. The first-order valence-corrected chi connectivity index (χ1v) is 7.38. The van der Waals surface area contributed by atoms with Crippen LogP contribution in [-0.4, -0.2) is 29.0 Å². The van der Waals surface area contributed by atoms with Crippen molar-refractivity contribution in [1.29, 1.82) is 0 Å². The lowest BCUT2D eigenvalue weighted by Crippen LogP contribution is -2.14. The number of ether oxygens (including phenoxy) is 1. The standard InChI is InChI=1S/C10H13O5PS/c1-3-14-10(11)8-5-4-7(17)6-9(8)15-16(2,12)13/h4-5H,3,6H2,1-2H3,(H,12,13). The molecule has 0 fully saturated rings. The summed E-state index contributed by atoms with van der Waals surface area (Å²) in [6, 6.07) is 0. The molecular weight excluding hydrogens is 263 g/mol. The van der Waals surface area contributed by atoms with E-state index in [-0.39, 0.29) is 24.4 Å². The number of carbonyl (C=O) groups excluding carboxylic acids is 1. The van der Waals surface area contributed by atoms with Crippen LogP contribution in [0.5, 0.6) is 0 Å². The van der Waals surface area contributed by atoms with E-state index in [1.807, 2.05) is 0 Å². The molecule has 17 heavy (non-hydrogen) atoms. The molecule has 0 aromatic carbocycles. The second-order valence-electron chi connectivity index (χ2n) is 3.43. The number of esters is 1. The largest absolute Gasteiger partial charge is 0.462 e. The molecule has 1 aliphatic carbocycles. The van der Waals surface area contributed by atoms with Crippen LogP contribution >= 0.6 is 19.8 Å². The molecule has 0 aromatic rings. The highest BCUT2D eigenvalue weighted by Crippen LogP contribution is 2.42.